The van der Waals surface area contributed by atoms with Crippen LogP contribution in [-0.4, -0.2) is 12.6 Å². The van der Waals surface area contributed by atoms with E-state index >= 15 is 0 Å². The molecule has 3 heteroatoms. The molecule has 1 atom stereocenters. The molecule has 0 aliphatic rings. The topological polar surface area (TPSA) is 35.2 Å². The molecule has 0 saturated carbocycles. The van der Waals surface area contributed by atoms with Crippen LogP contribution < -0.4 is 10.5 Å². The van der Waals surface area contributed by atoms with Gasteiger partial charge < -0.3 is 10.5 Å². The van der Waals surface area contributed by atoms with Gasteiger partial charge in [0.05, 0.1) is 0 Å². The highest BCUT2D eigenvalue weighted by molar-refractivity contribution is 6.25. The fourth-order valence-electron chi connectivity index (χ4n) is 1.27. The third kappa shape index (κ3) is 4.86. The van der Waals surface area contributed by atoms with Crippen molar-refractivity contribution >= 4 is 11.6 Å². The first-order valence-electron chi connectivity index (χ1n) is 4.95. The Morgan fingerprint density at radius 3 is 2.60 bits per heavy atom. The van der Waals surface area contributed by atoms with Gasteiger partial charge in [-0.15, -0.1) is 0 Å². The molecule has 0 heterocycles. The lowest BCUT2D eigenvalue weighted by Crippen LogP contribution is -2.17. The van der Waals surface area contributed by atoms with Crippen LogP contribution in [0, 0.1) is 0 Å². The lowest BCUT2D eigenvalue weighted by atomic mass is 10.1. The molecule has 0 aliphatic carbocycles. The molecule has 0 bridgehead atoms. The van der Waals surface area contributed by atoms with E-state index in [0.717, 1.165) is 12.2 Å². The number of nitrogens with two attached hydrogens (primary N) is 1. The van der Waals surface area contributed by atoms with E-state index in [0.29, 0.717) is 6.61 Å². The van der Waals surface area contributed by atoms with Crippen molar-refractivity contribution < 1.29 is 4.74 Å². The van der Waals surface area contributed by atoms with Crippen LogP contribution in [0.2, 0.25) is 0 Å². The summed E-state index contributed by atoms with van der Waals surface area (Å²) in [4.78, 5) is 0. The fourth-order valence-corrected chi connectivity index (χ4v) is 1.35. The number of benzene rings is 1. The van der Waals surface area contributed by atoms with Crippen LogP contribution in [-0.2, 0) is 6.42 Å². The monoisotopic (exact) mass is 225 g/mol. The third-order valence-corrected chi connectivity index (χ3v) is 2.09. The Labute approximate surface area is 95.7 Å². The van der Waals surface area contributed by atoms with Gasteiger partial charge in [-0.3, -0.25) is 0 Å². The maximum absolute atomic E-state index is 5.71. The lowest BCUT2D eigenvalue weighted by molar-refractivity contribution is 0.363. The minimum absolute atomic E-state index is 0.191. The molecule has 82 valence electrons. The molecule has 0 aliphatic heterocycles. The number of ether oxygens (including phenoxy) is 1. The zero-order valence-electron chi connectivity index (χ0n) is 8.82. The highest BCUT2D eigenvalue weighted by Crippen LogP contribution is 2.13. The summed E-state index contributed by atoms with van der Waals surface area (Å²) in [5, 5.41) is 0. The van der Waals surface area contributed by atoms with Crippen molar-refractivity contribution in [2.75, 3.05) is 6.61 Å². The van der Waals surface area contributed by atoms with Gasteiger partial charge >= 0.3 is 0 Å². The Balaban J connectivity index is 2.48. The molecular weight excluding hydrogens is 210 g/mol. The largest absolute Gasteiger partial charge is 0.490 e. The molecule has 0 fully saturated rings. The van der Waals surface area contributed by atoms with Crippen molar-refractivity contribution in [3.63, 3.8) is 0 Å². The normalized spacial score (nSPS) is 13.0. The average Bonchev–Trinajstić information content (AvgIpc) is 2.20. The van der Waals surface area contributed by atoms with Crippen LogP contribution in [0.5, 0.6) is 5.75 Å². The predicted molar refractivity (Wildman–Crippen MR) is 64.3 cm³/mol. The van der Waals surface area contributed by atoms with E-state index in [-0.39, 0.29) is 6.04 Å². The summed E-state index contributed by atoms with van der Waals surface area (Å²) in [5.74, 6) is 0.846. The lowest BCUT2D eigenvalue weighted by Gasteiger charge is -2.07. The summed E-state index contributed by atoms with van der Waals surface area (Å²) in [6.07, 6.45) is 2.64. The number of hydrogen-bond acceptors (Lipinski definition) is 2. The van der Waals surface area contributed by atoms with E-state index in [4.69, 9.17) is 22.1 Å². The van der Waals surface area contributed by atoms with E-state index in [1.807, 2.05) is 31.2 Å². The van der Waals surface area contributed by atoms with Gasteiger partial charge in [0.1, 0.15) is 12.4 Å². The molecule has 1 aromatic rings. The zero-order chi connectivity index (χ0) is 11.1. The smallest absolute Gasteiger partial charge is 0.119 e. The third-order valence-electron chi connectivity index (χ3n) is 1.92. The highest BCUT2D eigenvalue weighted by atomic mass is 35.5. The summed E-state index contributed by atoms with van der Waals surface area (Å²) in [5.41, 5.74) is 8.38. The maximum Gasteiger partial charge on any atom is 0.119 e. The van der Waals surface area contributed by atoms with Crippen molar-refractivity contribution in [2.24, 2.45) is 5.73 Å². The highest BCUT2D eigenvalue weighted by Gasteiger charge is 1.98. The van der Waals surface area contributed by atoms with Gasteiger partial charge in [-0.05, 0) is 37.1 Å². The SMILES string of the molecule is CC(N)Cc1ccc(OC/C=C/Cl)cc1. The zero-order valence-corrected chi connectivity index (χ0v) is 9.58. The van der Waals surface area contributed by atoms with Crippen LogP contribution in [0.3, 0.4) is 0 Å². The van der Waals surface area contributed by atoms with E-state index in [1.165, 1.54) is 11.1 Å². The van der Waals surface area contributed by atoms with Crippen LogP contribution in [0.25, 0.3) is 0 Å². The van der Waals surface area contributed by atoms with Gasteiger partial charge in [-0.25, -0.2) is 0 Å². The summed E-state index contributed by atoms with van der Waals surface area (Å²) < 4.78 is 5.40. The predicted octanol–water partition coefficient (Wildman–Crippen LogP) is 2.71. The first-order valence-corrected chi connectivity index (χ1v) is 5.38. The molecule has 0 aromatic heterocycles. The molecule has 0 radical (unpaired) electrons. The van der Waals surface area contributed by atoms with Gasteiger partial charge in [0.15, 0.2) is 0 Å². The number of hydrogen-bond donors (Lipinski definition) is 1. The minimum Gasteiger partial charge on any atom is -0.490 e. The van der Waals surface area contributed by atoms with E-state index in [9.17, 15) is 0 Å². The first-order chi connectivity index (χ1) is 7.22. The summed E-state index contributed by atoms with van der Waals surface area (Å²) >= 11 is 5.38. The van der Waals surface area contributed by atoms with Crippen molar-refractivity contribution in [1.82, 2.24) is 0 Å². The molecule has 0 spiro atoms. The molecule has 15 heavy (non-hydrogen) atoms. The van der Waals surface area contributed by atoms with Crippen LogP contribution in [0.1, 0.15) is 12.5 Å². The molecule has 1 unspecified atom stereocenters. The van der Waals surface area contributed by atoms with Gasteiger partial charge in [0.25, 0.3) is 0 Å². The summed E-state index contributed by atoms with van der Waals surface area (Å²) in [6, 6.07) is 8.14. The average molecular weight is 226 g/mol. The molecule has 0 amide bonds. The quantitative estimate of drug-likeness (QED) is 0.837. The number of halogens is 1. The van der Waals surface area contributed by atoms with Gasteiger partial charge in [0.2, 0.25) is 0 Å². The van der Waals surface area contributed by atoms with Crippen LogP contribution >= 0.6 is 11.6 Å². The molecule has 1 aromatic carbocycles. The molecular formula is C12H16ClNO. The number of rotatable bonds is 5. The second-order valence-electron chi connectivity index (χ2n) is 3.50. The van der Waals surface area contributed by atoms with Crippen molar-refractivity contribution in [2.45, 2.75) is 19.4 Å². The van der Waals surface area contributed by atoms with E-state index in [1.54, 1.807) is 6.08 Å². The van der Waals surface area contributed by atoms with Gasteiger partial charge in [-0.1, -0.05) is 23.7 Å². The summed E-state index contributed by atoms with van der Waals surface area (Å²) in [7, 11) is 0. The Hall–Kier alpha value is -0.990. The van der Waals surface area contributed by atoms with E-state index < -0.39 is 0 Å². The Kier molecular flexibility index (Phi) is 5.22. The second-order valence-corrected chi connectivity index (χ2v) is 3.75. The van der Waals surface area contributed by atoms with Gasteiger partial charge in [0, 0.05) is 11.6 Å². The van der Waals surface area contributed by atoms with Gasteiger partial charge in [-0.2, -0.15) is 0 Å². The molecule has 2 nitrogen and oxygen atoms in total. The molecule has 2 N–H and O–H groups in total. The molecule has 0 saturated heterocycles. The Morgan fingerprint density at radius 2 is 2.07 bits per heavy atom. The molecule has 1 rings (SSSR count). The fraction of sp³-hybridized carbons (Fsp3) is 0.333. The Morgan fingerprint density at radius 1 is 1.40 bits per heavy atom. The maximum atomic E-state index is 5.71. The standard InChI is InChI=1S/C12H16ClNO/c1-10(14)9-11-3-5-12(6-4-11)15-8-2-7-13/h2-7,10H,8-9,14H2,1H3/b7-2+. The van der Waals surface area contributed by atoms with E-state index in [2.05, 4.69) is 0 Å². The Bertz CT molecular complexity index is 306. The van der Waals surface area contributed by atoms with Crippen molar-refractivity contribution in [3.05, 3.63) is 41.4 Å². The first kappa shape index (κ1) is 12.1. The van der Waals surface area contributed by atoms with Crippen molar-refractivity contribution in [1.29, 1.82) is 0 Å². The minimum atomic E-state index is 0.191. The van der Waals surface area contributed by atoms with Crippen LogP contribution in [0.4, 0.5) is 0 Å². The van der Waals surface area contributed by atoms with Crippen molar-refractivity contribution in [3.8, 4) is 5.75 Å². The van der Waals surface area contributed by atoms with Crippen LogP contribution in [0.15, 0.2) is 35.9 Å². The summed E-state index contributed by atoms with van der Waals surface area (Å²) in [6.45, 7) is 2.49. The second kappa shape index (κ2) is 6.49.